The van der Waals surface area contributed by atoms with Gasteiger partial charge >= 0.3 is 6.03 Å². The van der Waals surface area contributed by atoms with Crippen LogP contribution >= 0.6 is 39.1 Å². The summed E-state index contributed by atoms with van der Waals surface area (Å²) in [6.07, 6.45) is 1.37. The molecule has 4 aromatic carbocycles. The molecule has 4 aromatic rings. The van der Waals surface area contributed by atoms with Gasteiger partial charge in [0.1, 0.15) is 24.5 Å². The lowest BCUT2D eigenvalue weighted by atomic mass is 10.1. The molecule has 4 amide bonds. The van der Waals surface area contributed by atoms with E-state index in [9.17, 15) is 14.4 Å². The molecule has 0 unspecified atom stereocenters. The fourth-order valence-electron chi connectivity index (χ4n) is 4.25. The third kappa shape index (κ3) is 7.02. The molecule has 1 heterocycles. The van der Waals surface area contributed by atoms with Gasteiger partial charge in [-0.15, -0.1) is 0 Å². The molecule has 0 aliphatic carbocycles. The normalized spacial score (nSPS) is 14.1. The van der Waals surface area contributed by atoms with Crippen molar-refractivity contribution >= 4 is 68.7 Å². The number of benzene rings is 4. The zero-order valence-electron chi connectivity index (χ0n) is 22.6. The van der Waals surface area contributed by atoms with Crippen molar-refractivity contribution in [3.05, 3.63) is 122 Å². The Morgan fingerprint density at radius 1 is 0.791 bits per heavy atom. The van der Waals surface area contributed by atoms with Crippen LogP contribution in [-0.2, 0) is 22.8 Å². The average Bonchev–Trinajstić information content (AvgIpc) is 3.00. The van der Waals surface area contributed by atoms with Crippen LogP contribution in [0.5, 0.6) is 17.2 Å². The number of anilines is 1. The van der Waals surface area contributed by atoms with Gasteiger partial charge in [0.15, 0.2) is 11.5 Å². The second-order valence-corrected chi connectivity index (χ2v) is 11.0. The van der Waals surface area contributed by atoms with E-state index in [1.54, 1.807) is 25.3 Å². The lowest BCUT2D eigenvalue weighted by molar-refractivity contribution is -0.122. The summed E-state index contributed by atoms with van der Waals surface area (Å²) < 4.78 is 18.3. The molecule has 8 nitrogen and oxygen atoms in total. The number of barbiturate groups is 1. The van der Waals surface area contributed by atoms with Gasteiger partial charge in [-0.25, -0.2) is 9.69 Å². The topological polar surface area (TPSA) is 94.2 Å². The molecule has 1 N–H and O–H groups in total. The Hall–Kier alpha value is -4.31. The van der Waals surface area contributed by atoms with Crippen LogP contribution in [-0.4, -0.2) is 25.0 Å². The van der Waals surface area contributed by atoms with Crippen LogP contribution in [0.2, 0.25) is 10.0 Å². The number of methoxy groups -OCH3 is 1. The molecule has 0 bridgehead atoms. The molecule has 43 heavy (non-hydrogen) atoms. The van der Waals surface area contributed by atoms with Gasteiger partial charge in [-0.3, -0.25) is 14.9 Å². The van der Waals surface area contributed by atoms with E-state index in [1.165, 1.54) is 24.3 Å². The predicted molar refractivity (Wildman–Crippen MR) is 168 cm³/mol. The van der Waals surface area contributed by atoms with Crippen molar-refractivity contribution in [2.75, 3.05) is 12.0 Å². The van der Waals surface area contributed by atoms with Crippen LogP contribution in [0.4, 0.5) is 10.5 Å². The highest BCUT2D eigenvalue weighted by atomic mass is 79.9. The molecular formula is C32H23BrCl2N2O6. The fourth-order valence-corrected chi connectivity index (χ4v) is 4.92. The SMILES string of the molecule is COc1cc(COc2ccc(Br)cc2/C=C2/C(=O)NC(=O)N(c3ccc(Cl)c(Cl)c3)C2=O)ccc1OCc1ccccc1. The van der Waals surface area contributed by atoms with E-state index >= 15 is 0 Å². The number of carbonyl (C=O) groups excluding carboxylic acids is 3. The molecule has 5 rings (SSSR count). The molecule has 0 saturated carbocycles. The molecule has 1 aliphatic heterocycles. The summed E-state index contributed by atoms with van der Waals surface area (Å²) in [4.78, 5) is 39.6. The summed E-state index contributed by atoms with van der Waals surface area (Å²) in [5.41, 5.74) is 2.16. The maximum absolute atomic E-state index is 13.4. The van der Waals surface area contributed by atoms with Crippen molar-refractivity contribution in [2.45, 2.75) is 13.2 Å². The molecule has 0 spiro atoms. The standard InChI is InChI=1S/C32H23BrCl2N2O6/c1-41-29-13-20(7-11-28(29)43-17-19-5-3-2-4-6-19)18-42-27-12-8-22(33)14-21(27)15-24-30(38)36-32(40)37(31(24)39)23-9-10-25(34)26(35)16-23/h2-16H,17-18H2,1H3,(H,36,38,40)/b24-15-. The van der Waals surface area contributed by atoms with Crippen molar-refractivity contribution in [3.8, 4) is 17.2 Å². The summed E-state index contributed by atoms with van der Waals surface area (Å²) in [5, 5.41) is 2.60. The van der Waals surface area contributed by atoms with E-state index in [4.69, 9.17) is 37.4 Å². The maximum atomic E-state index is 13.4. The molecule has 1 saturated heterocycles. The molecule has 218 valence electrons. The van der Waals surface area contributed by atoms with Gasteiger partial charge < -0.3 is 14.2 Å². The maximum Gasteiger partial charge on any atom is 0.335 e. The second-order valence-electron chi connectivity index (χ2n) is 9.29. The smallest absolute Gasteiger partial charge is 0.335 e. The van der Waals surface area contributed by atoms with E-state index < -0.39 is 17.8 Å². The molecule has 0 radical (unpaired) electrons. The highest BCUT2D eigenvalue weighted by molar-refractivity contribution is 9.10. The third-order valence-corrected chi connectivity index (χ3v) is 7.63. The Balaban J connectivity index is 1.37. The van der Waals surface area contributed by atoms with Crippen LogP contribution in [0.25, 0.3) is 6.08 Å². The summed E-state index contributed by atoms with van der Waals surface area (Å²) in [7, 11) is 1.56. The monoisotopic (exact) mass is 680 g/mol. The minimum absolute atomic E-state index is 0.150. The van der Waals surface area contributed by atoms with E-state index in [1.807, 2.05) is 48.5 Å². The van der Waals surface area contributed by atoms with Crippen LogP contribution < -0.4 is 24.4 Å². The summed E-state index contributed by atoms with van der Waals surface area (Å²) >= 11 is 15.5. The number of ether oxygens (including phenoxy) is 3. The Morgan fingerprint density at radius 2 is 1.51 bits per heavy atom. The fraction of sp³-hybridized carbons (Fsp3) is 0.0938. The Bertz CT molecular complexity index is 1750. The van der Waals surface area contributed by atoms with Crippen molar-refractivity contribution in [3.63, 3.8) is 0 Å². The molecule has 11 heteroatoms. The van der Waals surface area contributed by atoms with Crippen LogP contribution in [0, 0.1) is 0 Å². The zero-order chi connectivity index (χ0) is 30.5. The first kappa shape index (κ1) is 30.2. The summed E-state index contributed by atoms with van der Waals surface area (Å²) in [6, 6.07) is 23.8. The van der Waals surface area contributed by atoms with E-state index in [-0.39, 0.29) is 27.9 Å². The van der Waals surface area contributed by atoms with Gasteiger partial charge in [0, 0.05) is 10.0 Å². The van der Waals surface area contributed by atoms with Crippen LogP contribution in [0.3, 0.4) is 0 Å². The Morgan fingerprint density at radius 3 is 2.26 bits per heavy atom. The number of hydrogen-bond acceptors (Lipinski definition) is 6. The number of hydrogen-bond donors (Lipinski definition) is 1. The van der Waals surface area contributed by atoms with Crippen molar-refractivity contribution in [1.82, 2.24) is 5.32 Å². The zero-order valence-corrected chi connectivity index (χ0v) is 25.7. The lowest BCUT2D eigenvalue weighted by Crippen LogP contribution is -2.54. The number of nitrogens with zero attached hydrogens (tertiary/aromatic N) is 1. The van der Waals surface area contributed by atoms with Crippen molar-refractivity contribution in [1.29, 1.82) is 0 Å². The van der Waals surface area contributed by atoms with E-state index in [0.717, 1.165) is 16.0 Å². The number of urea groups is 1. The number of rotatable bonds is 9. The molecule has 1 aliphatic rings. The Labute approximate surface area is 265 Å². The highest BCUT2D eigenvalue weighted by Gasteiger charge is 2.37. The largest absolute Gasteiger partial charge is 0.493 e. The van der Waals surface area contributed by atoms with Crippen LogP contribution in [0.1, 0.15) is 16.7 Å². The van der Waals surface area contributed by atoms with Gasteiger partial charge in [-0.2, -0.15) is 0 Å². The van der Waals surface area contributed by atoms with E-state index in [2.05, 4.69) is 21.2 Å². The molecule has 0 aromatic heterocycles. The van der Waals surface area contributed by atoms with Gasteiger partial charge in [0.25, 0.3) is 11.8 Å². The predicted octanol–water partition coefficient (Wildman–Crippen LogP) is 7.59. The van der Waals surface area contributed by atoms with Crippen molar-refractivity contribution in [2.24, 2.45) is 0 Å². The number of halogens is 3. The van der Waals surface area contributed by atoms with Gasteiger partial charge in [-0.05, 0) is 65.7 Å². The number of carbonyl (C=O) groups is 3. The third-order valence-electron chi connectivity index (χ3n) is 6.39. The number of imide groups is 2. The quantitative estimate of drug-likeness (QED) is 0.145. The molecular weight excluding hydrogens is 659 g/mol. The minimum Gasteiger partial charge on any atom is -0.493 e. The number of nitrogens with one attached hydrogen (secondary N) is 1. The first-order valence-electron chi connectivity index (χ1n) is 12.9. The second kappa shape index (κ2) is 13.3. The van der Waals surface area contributed by atoms with E-state index in [0.29, 0.717) is 33.9 Å². The van der Waals surface area contributed by atoms with Gasteiger partial charge in [-0.1, -0.05) is 75.5 Å². The average molecular weight is 682 g/mol. The van der Waals surface area contributed by atoms with Crippen LogP contribution in [0.15, 0.2) is 95.0 Å². The molecule has 0 atom stereocenters. The summed E-state index contributed by atoms with van der Waals surface area (Å²) in [6.45, 7) is 0.547. The first-order valence-corrected chi connectivity index (χ1v) is 14.4. The van der Waals surface area contributed by atoms with Gasteiger partial charge in [0.05, 0.1) is 22.8 Å². The first-order chi connectivity index (χ1) is 20.7. The number of amides is 4. The highest BCUT2D eigenvalue weighted by Crippen LogP contribution is 2.33. The van der Waals surface area contributed by atoms with Gasteiger partial charge in [0.2, 0.25) is 0 Å². The summed E-state index contributed by atoms with van der Waals surface area (Å²) in [5.74, 6) is -0.126. The lowest BCUT2D eigenvalue weighted by Gasteiger charge is -2.26. The molecule has 1 fully saturated rings. The minimum atomic E-state index is -0.901. The van der Waals surface area contributed by atoms with Crippen molar-refractivity contribution < 1.29 is 28.6 Å². The Kier molecular flexibility index (Phi) is 9.35.